The number of hydrogen-bond donors (Lipinski definition) is 1. The van der Waals surface area contributed by atoms with E-state index in [1.807, 2.05) is 56.5 Å². The Balaban J connectivity index is 1.49. The Labute approximate surface area is 249 Å². The molecule has 11 heteroatoms. The molecule has 1 aromatic heterocycles. The highest BCUT2D eigenvalue weighted by Gasteiger charge is 2.33. The molecule has 1 aliphatic heterocycles. The van der Waals surface area contributed by atoms with Gasteiger partial charge in [0.25, 0.3) is 11.6 Å². The average Bonchev–Trinajstić information content (AvgIpc) is 3.50. The van der Waals surface area contributed by atoms with E-state index in [4.69, 9.17) is 14.5 Å². The standard InChI is InChI=1S/C30H27BrN4O5S/c1-3-39-26-15-20(24(31)17-27(26)40-4-2)16-28-29(36)34(14-13-19-18-32-25-8-6-5-7-23(19)25)30(41-28)33-21-9-11-22(12-10-21)35(37)38/h5-12,15-18,32H,3-4,13-14H2,1-2H3/b28-16-,33-30?. The zero-order chi connectivity index (χ0) is 28.9. The second kappa shape index (κ2) is 12.6. The lowest BCUT2D eigenvalue weighted by molar-refractivity contribution is -0.384. The van der Waals surface area contributed by atoms with Crippen molar-refractivity contribution in [3.63, 3.8) is 0 Å². The summed E-state index contributed by atoms with van der Waals surface area (Å²) in [5.41, 5.74) is 3.40. The van der Waals surface area contributed by atoms with Crippen molar-refractivity contribution < 1.29 is 19.2 Å². The fourth-order valence-corrected chi connectivity index (χ4v) is 5.91. The predicted octanol–water partition coefficient (Wildman–Crippen LogP) is 7.48. The van der Waals surface area contributed by atoms with E-state index in [2.05, 4.69) is 27.0 Å². The van der Waals surface area contributed by atoms with Gasteiger partial charge >= 0.3 is 0 Å². The van der Waals surface area contributed by atoms with Crippen molar-refractivity contribution >= 4 is 67.1 Å². The quantitative estimate of drug-likeness (QED) is 0.110. The summed E-state index contributed by atoms with van der Waals surface area (Å²) in [7, 11) is 0. The number of halogens is 1. The van der Waals surface area contributed by atoms with Crippen molar-refractivity contribution in [2.24, 2.45) is 4.99 Å². The molecule has 0 atom stereocenters. The summed E-state index contributed by atoms with van der Waals surface area (Å²) in [5, 5.41) is 12.7. The number of carbonyl (C=O) groups excluding carboxylic acids is 1. The monoisotopic (exact) mass is 634 g/mol. The number of nitrogens with zero attached hydrogens (tertiary/aromatic N) is 3. The molecule has 0 unspecified atom stereocenters. The fourth-order valence-electron chi connectivity index (χ4n) is 4.46. The van der Waals surface area contributed by atoms with Crippen LogP contribution in [0.4, 0.5) is 11.4 Å². The maximum Gasteiger partial charge on any atom is 0.269 e. The highest BCUT2D eigenvalue weighted by Crippen LogP contribution is 2.39. The molecule has 210 valence electrons. The van der Waals surface area contributed by atoms with Crippen molar-refractivity contribution in [1.29, 1.82) is 0 Å². The molecule has 3 aromatic carbocycles. The summed E-state index contributed by atoms with van der Waals surface area (Å²) in [5.74, 6) is 1.04. The van der Waals surface area contributed by atoms with Crippen LogP contribution in [0, 0.1) is 10.1 Å². The van der Waals surface area contributed by atoms with Gasteiger partial charge in [-0.05, 0) is 79.6 Å². The van der Waals surface area contributed by atoms with Gasteiger partial charge in [0.15, 0.2) is 16.7 Å². The minimum atomic E-state index is -0.454. The van der Waals surface area contributed by atoms with Crippen LogP contribution < -0.4 is 9.47 Å². The summed E-state index contributed by atoms with van der Waals surface area (Å²) in [6.07, 6.45) is 4.39. The molecule has 1 N–H and O–H groups in total. The van der Waals surface area contributed by atoms with Crippen molar-refractivity contribution in [3.05, 3.63) is 97.5 Å². The molecule has 1 fully saturated rings. The van der Waals surface area contributed by atoms with Crippen LogP contribution in [-0.4, -0.2) is 45.6 Å². The van der Waals surface area contributed by atoms with Crippen molar-refractivity contribution in [2.45, 2.75) is 20.3 Å². The van der Waals surface area contributed by atoms with Gasteiger partial charge < -0.3 is 14.5 Å². The molecular weight excluding hydrogens is 608 g/mol. The first-order valence-corrected chi connectivity index (χ1v) is 14.7. The number of non-ortho nitro benzene ring substituents is 1. The van der Waals surface area contributed by atoms with Gasteiger partial charge in [-0.1, -0.05) is 34.1 Å². The number of amidine groups is 1. The summed E-state index contributed by atoms with van der Waals surface area (Å²) in [4.78, 5) is 34.5. The van der Waals surface area contributed by atoms with E-state index in [-0.39, 0.29) is 11.6 Å². The average molecular weight is 636 g/mol. The van der Waals surface area contributed by atoms with Gasteiger partial charge in [0.05, 0.1) is 28.7 Å². The summed E-state index contributed by atoms with van der Waals surface area (Å²) < 4.78 is 12.3. The van der Waals surface area contributed by atoms with E-state index < -0.39 is 4.92 Å². The van der Waals surface area contributed by atoms with Gasteiger partial charge in [-0.2, -0.15) is 0 Å². The number of H-pyrrole nitrogens is 1. The Morgan fingerprint density at radius 3 is 2.49 bits per heavy atom. The van der Waals surface area contributed by atoms with E-state index in [0.717, 1.165) is 26.5 Å². The summed E-state index contributed by atoms with van der Waals surface area (Å²) in [6.45, 7) is 5.18. The van der Waals surface area contributed by atoms with Crippen LogP contribution in [0.3, 0.4) is 0 Å². The topological polar surface area (TPSA) is 110 Å². The number of nitro benzene ring substituents is 1. The number of carbonyl (C=O) groups is 1. The van der Waals surface area contributed by atoms with Gasteiger partial charge in [0.2, 0.25) is 0 Å². The molecule has 1 aliphatic rings. The van der Waals surface area contributed by atoms with Gasteiger partial charge in [0.1, 0.15) is 0 Å². The predicted molar refractivity (Wildman–Crippen MR) is 166 cm³/mol. The molecule has 5 rings (SSSR count). The number of fused-ring (bicyclic) bond motifs is 1. The number of aromatic amines is 1. The Hall–Kier alpha value is -4.09. The Bertz CT molecular complexity index is 1670. The maximum absolute atomic E-state index is 13.8. The molecular formula is C30H27BrN4O5S. The molecule has 0 aliphatic carbocycles. The molecule has 0 radical (unpaired) electrons. The van der Waals surface area contributed by atoms with Crippen LogP contribution in [0.2, 0.25) is 0 Å². The van der Waals surface area contributed by atoms with Crippen LogP contribution >= 0.6 is 27.7 Å². The molecule has 0 spiro atoms. The second-order valence-corrected chi connectivity index (χ2v) is 10.9. The molecule has 0 saturated carbocycles. The number of hydrogen-bond acceptors (Lipinski definition) is 7. The third-order valence-electron chi connectivity index (χ3n) is 6.40. The van der Waals surface area contributed by atoms with E-state index in [0.29, 0.717) is 53.4 Å². The lowest BCUT2D eigenvalue weighted by Gasteiger charge is -2.15. The van der Waals surface area contributed by atoms with E-state index in [9.17, 15) is 14.9 Å². The van der Waals surface area contributed by atoms with Crippen LogP contribution in [-0.2, 0) is 11.2 Å². The first-order valence-electron chi connectivity index (χ1n) is 13.1. The lowest BCUT2D eigenvalue weighted by atomic mass is 10.1. The highest BCUT2D eigenvalue weighted by molar-refractivity contribution is 9.10. The zero-order valence-electron chi connectivity index (χ0n) is 22.4. The summed E-state index contributed by atoms with van der Waals surface area (Å²) >= 11 is 4.87. The maximum atomic E-state index is 13.8. The number of amides is 1. The minimum absolute atomic E-state index is 0.0219. The summed E-state index contributed by atoms with van der Waals surface area (Å²) in [6, 6.07) is 17.7. The fraction of sp³-hybridized carbons (Fsp3) is 0.200. The largest absolute Gasteiger partial charge is 0.490 e. The number of rotatable bonds is 10. The van der Waals surface area contributed by atoms with Gasteiger partial charge in [-0.3, -0.25) is 19.8 Å². The number of aliphatic imine (C=N–C) groups is 1. The Kier molecular flexibility index (Phi) is 8.75. The van der Waals surface area contributed by atoms with Gasteiger partial charge in [-0.15, -0.1) is 0 Å². The smallest absolute Gasteiger partial charge is 0.269 e. The van der Waals surface area contributed by atoms with Gasteiger partial charge in [-0.25, -0.2) is 4.99 Å². The molecule has 41 heavy (non-hydrogen) atoms. The molecule has 9 nitrogen and oxygen atoms in total. The SMILES string of the molecule is CCOc1cc(Br)c(/C=C2\SC(=Nc3ccc([N+](=O)[O-])cc3)N(CCc3c[nH]c4ccccc34)C2=O)cc1OCC. The third kappa shape index (κ3) is 6.31. The van der Waals surface area contributed by atoms with Crippen molar-refractivity contribution in [3.8, 4) is 11.5 Å². The van der Waals surface area contributed by atoms with Crippen LogP contribution in [0.15, 0.2) is 81.2 Å². The normalized spacial score (nSPS) is 15.3. The third-order valence-corrected chi connectivity index (χ3v) is 8.10. The minimum Gasteiger partial charge on any atom is -0.490 e. The van der Waals surface area contributed by atoms with Crippen LogP contribution in [0.5, 0.6) is 11.5 Å². The zero-order valence-corrected chi connectivity index (χ0v) is 24.8. The molecule has 0 bridgehead atoms. The highest BCUT2D eigenvalue weighted by atomic mass is 79.9. The number of aromatic nitrogens is 1. The van der Waals surface area contributed by atoms with Crippen LogP contribution in [0.1, 0.15) is 25.0 Å². The Morgan fingerprint density at radius 2 is 1.78 bits per heavy atom. The van der Waals surface area contributed by atoms with E-state index >= 15 is 0 Å². The molecule has 4 aromatic rings. The number of ether oxygens (including phenoxy) is 2. The van der Waals surface area contributed by atoms with Crippen LogP contribution in [0.25, 0.3) is 17.0 Å². The number of benzene rings is 3. The second-order valence-electron chi connectivity index (χ2n) is 9.03. The number of para-hydroxylation sites is 1. The molecule has 1 amide bonds. The lowest BCUT2D eigenvalue weighted by Crippen LogP contribution is -2.31. The van der Waals surface area contributed by atoms with Crippen molar-refractivity contribution in [2.75, 3.05) is 19.8 Å². The number of nitrogens with one attached hydrogen (secondary N) is 1. The molecule has 1 saturated heterocycles. The van der Waals surface area contributed by atoms with E-state index in [1.54, 1.807) is 17.0 Å². The van der Waals surface area contributed by atoms with Gasteiger partial charge in [0, 0.05) is 40.2 Å². The number of nitro groups is 1. The first kappa shape index (κ1) is 28.4. The first-order chi connectivity index (χ1) is 19.9. The Morgan fingerprint density at radius 1 is 1.07 bits per heavy atom. The molecule has 2 heterocycles. The van der Waals surface area contributed by atoms with Crippen molar-refractivity contribution in [1.82, 2.24) is 9.88 Å². The number of thioether (sulfide) groups is 1. The van der Waals surface area contributed by atoms with E-state index in [1.165, 1.54) is 23.9 Å².